The number of hydrogen-bond acceptors (Lipinski definition) is 6. The molecule has 0 N–H and O–H groups in total. The van der Waals surface area contributed by atoms with Crippen molar-refractivity contribution in [2.45, 2.75) is 51.1 Å². The molecule has 4 atom stereocenters. The summed E-state index contributed by atoms with van der Waals surface area (Å²) in [6.07, 6.45) is 3.49. The highest BCUT2D eigenvalue weighted by atomic mass is 16.6. The highest BCUT2D eigenvalue weighted by Gasteiger charge is 2.33. The van der Waals surface area contributed by atoms with Crippen LogP contribution in [0.4, 0.5) is 11.4 Å². The molecule has 6 nitrogen and oxygen atoms in total. The highest BCUT2D eigenvalue weighted by Crippen LogP contribution is 2.34. The van der Waals surface area contributed by atoms with E-state index >= 15 is 0 Å². The summed E-state index contributed by atoms with van der Waals surface area (Å²) in [7, 11) is 0. The van der Waals surface area contributed by atoms with Gasteiger partial charge in [-0.15, -0.1) is 0 Å². The zero-order valence-corrected chi connectivity index (χ0v) is 20.4. The Hall–Kier alpha value is -2.12. The van der Waals surface area contributed by atoms with Gasteiger partial charge in [0.2, 0.25) is 0 Å². The lowest BCUT2D eigenvalue weighted by molar-refractivity contribution is 0.388. The Bertz CT molecular complexity index is 902. The van der Waals surface area contributed by atoms with E-state index in [9.17, 15) is 0 Å². The van der Waals surface area contributed by atoms with Crippen LogP contribution in [0.5, 0.6) is 0 Å². The maximum absolute atomic E-state index is 5.54. The van der Waals surface area contributed by atoms with Gasteiger partial charge in [-0.3, -0.25) is 0 Å². The Morgan fingerprint density at radius 3 is 1.18 bits per heavy atom. The van der Waals surface area contributed by atoms with E-state index in [2.05, 4.69) is 60.0 Å². The molecule has 0 saturated carbocycles. The van der Waals surface area contributed by atoms with Crippen LogP contribution in [-0.4, -0.2) is 77.0 Å². The zero-order chi connectivity index (χ0) is 23.1. The molecule has 0 spiro atoms. The third-order valence-corrected chi connectivity index (χ3v) is 7.24. The fourth-order valence-corrected chi connectivity index (χ4v) is 4.93. The second-order valence-electron chi connectivity index (χ2n) is 10.0. The number of epoxide rings is 4. The fourth-order valence-electron chi connectivity index (χ4n) is 4.93. The highest BCUT2D eigenvalue weighted by molar-refractivity contribution is 5.73. The van der Waals surface area contributed by atoms with Crippen molar-refractivity contribution in [3.05, 3.63) is 47.5 Å². The van der Waals surface area contributed by atoms with Crippen molar-refractivity contribution in [2.75, 3.05) is 62.4 Å². The van der Waals surface area contributed by atoms with Crippen molar-refractivity contribution in [3.8, 4) is 11.1 Å². The quantitative estimate of drug-likeness (QED) is 0.422. The van der Waals surface area contributed by atoms with E-state index in [1.165, 1.54) is 33.6 Å². The van der Waals surface area contributed by atoms with Gasteiger partial charge in [0.15, 0.2) is 0 Å². The standard InChI is InChI=1S/C28H36N2O4/c1-3-19-9-21(5-7-27(19)29(11-23-15-31-23)12-24-16-32-24)22-6-8-28(20(4-2)10-22)30(13-25-17-33-25)14-26-18-34-26/h5-10,23-26H,3-4,11-18H2,1-2H3. The van der Waals surface area contributed by atoms with Gasteiger partial charge in [0, 0.05) is 37.6 Å². The van der Waals surface area contributed by atoms with Crippen molar-refractivity contribution >= 4 is 11.4 Å². The largest absolute Gasteiger partial charge is 0.371 e. The summed E-state index contributed by atoms with van der Waals surface area (Å²) in [4.78, 5) is 4.94. The number of anilines is 2. The summed E-state index contributed by atoms with van der Waals surface area (Å²) in [6.45, 7) is 11.8. The fraction of sp³-hybridized carbons (Fsp3) is 0.571. The topological polar surface area (TPSA) is 56.6 Å². The van der Waals surface area contributed by atoms with Gasteiger partial charge in [0.1, 0.15) is 0 Å². The minimum atomic E-state index is 0.368. The van der Waals surface area contributed by atoms with E-state index < -0.39 is 0 Å². The minimum Gasteiger partial charge on any atom is -0.371 e. The molecule has 0 bridgehead atoms. The van der Waals surface area contributed by atoms with Crippen molar-refractivity contribution in [1.82, 2.24) is 0 Å². The first-order chi connectivity index (χ1) is 16.7. The van der Waals surface area contributed by atoms with Gasteiger partial charge in [-0.25, -0.2) is 0 Å². The van der Waals surface area contributed by atoms with E-state index in [1.54, 1.807) is 0 Å². The van der Waals surface area contributed by atoms with Crippen molar-refractivity contribution in [1.29, 1.82) is 0 Å². The number of aryl methyl sites for hydroxylation is 2. The van der Waals surface area contributed by atoms with Gasteiger partial charge >= 0.3 is 0 Å². The summed E-state index contributed by atoms with van der Waals surface area (Å²) in [5, 5.41) is 0. The molecule has 6 heteroatoms. The van der Waals surface area contributed by atoms with E-state index in [4.69, 9.17) is 18.9 Å². The van der Waals surface area contributed by atoms with Crippen LogP contribution in [-0.2, 0) is 31.8 Å². The second kappa shape index (κ2) is 9.50. The van der Waals surface area contributed by atoms with Gasteiger partial charge < -0.3 is 28.7 Å². The van der Waals surface area contributed by atoms with E-state index in [0.717, 1.165) is 65.4 Å². The van der Waals surface area contributed by atoms with Crippen LogP contribution in [0.3, 0.4) is 0 Å². The van der Waals surface area contributed by atoms with Crippen LogP contribution in [0.1, 0.15) is 25.0 Å². The average molecular weight is 465 g/mol. The van der Waals surface area contributed by atoms with Crippen molar-refractivity contribution < 1.29 is 18.9 Å². The molecule has 4 aliphatic rings. The van der Waals surface area contributed by atoms with E-state index in [0.29, 0.717) is 24.4 Å². The lowest BCUT2D eigenvalue weighted by Gasteiger charge is -2.27. The summed E-state index contributed by atoms with van der Waals surface area (Å²) in [6, 6.07) is 13.9. The Labute approximate surface area is 202 Å². The second-order valence-corrected chi connectivity index (χ2v) is 10.0. The van der Waals surface area contributed by atoms with Gasteiger partial charge in [-0.2, -0.15) is 0 Å². The molecule has 4 fully saturated rings. The Morgan fingerprint density at radius 1 is 0.588 bits per heavy atom. The molecule has 182 valence electrons. The Morgan fingerprint density at radius 2 is 0.912 bits per heavy atom. The van der Waals surface area contributed by atoms with Crippen molar-refractivity contribution in [2.24, 2.45) is 0 Å². The monoisotopic (exact) mass is 464 g/mol. The molecule has 34 heavy (non-hydrogen) atoms. The van der Waals surface area contributed by atoms with Crippen LogP contribution in [0.2, 0.25) is 0 Å². The summed E-state index contributed by atoms with van der Waals surface area (Å²) in [5.41, 5.74) is 8.00. The van der Waals surface area contributed by atoms with Gasteiger partial charge in [0.25, 0.3) is 0 Å². The molecule has 4 saturated heterocycles. The Kier molecular flexibility index (Phi) is 6.24. The van der Waals surface area contributed by atoms with Crippen molar-refractivity contribution in [3.63, 3.8) is 0 Å². The maximum Gasteiger partial charge on any atom is 0.0984 e. The molecule has 4 unspecified atom stereocenters. The molecule has 0 radical (unpaired) electrons. The third-order valence-electron chi connectivity index (χ3n) is 7.24. The first-order valence-electron chi connectivity index (χ1n) is 12.9. The number of benzene rings is 2. The smallest absolute Gasteiger partial charge is 0.0984 e. The van der Waals surface area contributed by atoms with E-state index in [-0.39, 0.29) is 0 Å². The molecule has 4 aliphatic heterocycles. The molecular weight excluding hydrogens is 428 g/mol. The lowest BCUT2D eigenvalue weighted by Crippen LogP contribution is -2.32. The molecule has 6 rings (SSSR count). The first kappa shape index (κ1) is 22.4. The summed E-state index contributed by atoms with van der Waals surface area (Å²) >= 11 is 0. The average Bonchev–Trinajstić information content (AvgIpc) is 3.70. The third kappa shape index (κ3) is 5.41. The molecular formula is C28H36N2O4. The lowest BCUT2D eigenvalue weighted by atomic mass is 9.96. The van der Waals surface area contributed by atoms with Gasteiger partial charge in [0.05, 0.1) is 50.8 Å². The summed E-state index contributed by atoms with van der Waals surface area (Å²) in [5.74, 6) is 0. The first-order valence-corrected chi connectivity index (χ1v) is 12.9. The Balaban J connectivity index is 1.26. The predicted molar refractivity (Wildman–Crippen MR) is 134 cm³/mol. The van der Waals surface area contributed by atoms with Crippen LogP contribution in [0, 0.1) is 0 Å². The molecule has 0 aromatic heterocycles. The van der Waals surface area contributed by atoms with E-state index in [1.807, 2.05) is 0 Å². The SMILES string of the molecule is CCc1cc(-c2ccc(N(CC3CO3)CC3CO3)c(CC)c2)ccc1N(CC1CO1)CC1CO1. The minimum absolute atomic E-state index is 0.368. The number of hydrogen-bond donors (Lipinski definition) is 0. The number of ether oxygens (including phenoxy) is 4. The number of rotatable bonds is 13. The van der Waals surface area contributed by atoms with Gasteiger partial charge in [-0.05, 0) is 59.4 Å². The van der Waals surface area contributed by atoms with Crippen LogP contribution in [0.15, 0.2) is 36.4 Å². The van der Waals surface area contributed by atoms with Crippen LogP contribution >= 0.6 is 0 Å². The zero-order valence-electron chi connectivity index (χ0n) is 20.4. The molecule has 4 heterocycles. The van der Waals surface area contributed by atoms with Crippen LogP contribution in [0.25, 0.3) is 11.1 Å². The molecule has 2 aromatic rings. The normalized spacial score (nSPS) is 26.3. The predicted octanol–water partition coefficient (Wildman–Crippen LogP) is 3.69. The molecule has 2 aromatic carbocycles. The summed E-state index contributed by atoms with van der Waals surface area (Å²) < 4.78 is 22.2. The maximum atomic E-state index is 5.54. The van der Waals surface area contributed by atoms with Gasteiger partial charge in [-0.1, -0.05) is 26.0 Å². The molecule has 0 amide bonds. The molecule has 0 aliphatic carbocycles. The number of nitrogens with zero attached hydrogens (tertiary/aromatic N) is 2. The van der Waals surface area contributed by atoms with Crippen LogP contribution < -0.4 is 9.80 Å².